The van der Waals surface area contributed by atoms with Gasteiger partial charge >= 0.3 is 0 Å². The van der Waals surface area contributed by atoms with Gasteiger partial charge in [0.25, 0.3) is 0 Å². The third-order valence-electron chi connectivity index (χ3n) is 3.31. The van der Waals surface area contributed by atoms with Gasteiger partial charge in [-0.05, 0) is 43.5 Å². The number of carbonyl (C=O) groups excluding carboxylic acids is 1. The van der Waals surface area contributed by atoms with Crippen LogP contribution >= 0.6 is 12.4 Å². The number of rotatable bonds is 5. The lowest BCUT2D eigenvalue weighted by molar-refractivity contribution is -0.122. The Kier molecular flexibility index (Phi) is 6.75. The van der Waals surface area contributed by atoms with Crippen LogP contribution in [-0.2, 0) is 11.2 Å². The summed E-state index contributed by atoms with van der Waals surface area (Å²) in [6, 6.07) is 4.79. The van der Waals surface area contributed by atoms with Crippen molar-refractivity contribution in [2.75, 3.05) is 20.2 Å². The molecule has 1 aliphatic heterocycles. The zero-order chi connectivity index (χ0) is 13.7. The average Bonchev–Trinajstić information content (AvgIpc) is 2.93. The highest BCUT2D eigenvalue weighted by atomic mass is 35.5. The number of benzene rings is 1. The van der Waals surface area contributed by atoms with E-state index in [9.17, 15) is 9.18 Å². The summed E-state index contributed by atoms with van der Waals surface area (Å²) in [4.78, 5) is 11.7. The predicted molar refractivity (Wildman–Crippen MR) is 77.9 cm³/mol. The fraction of sp³-hybridized carbons (Fsp3) is 0.500. The molecule has 1 aromatic carbocycles. The topological polar surface area (TPSA) is 50.4 Å². The van der Waals surface area contributed by atoms with Crippen molar-refractivity contribution in [1.29, 1.82) is 0 Å². The van der Waals surface area contributed by atoms with Gasteiger partial charge in [0.2, 0.25) is 5.91 Å². The van der Waals surface area contributed by atoms with Crippen LogP contribution in [0.4, 0.5) is 4.39 Å². The number of methoxy groups -OCH3 is 1. The van der Waals surface area contributed by atoms with Gasteiger partial charge in [-0.25, -0.2) is 4.39 Å². The summed E-state index contributed by atoms with van der Waals surface area (Å²) >= 11 is 0. The van der Waals surface area contributed by atoms with E-state index in [-0.39, 0.29) is 35.9 Å². The van der Waals surface area contributed by atoms with E-state index in [1.165, 1.54) is 13.2 Å². The highest BCUT2D eigenvalue weighted by Gasteiger charge is 2.21. The first-order chi connectivity index (χ1) is 9.20. The number of halogens is 2. The normalized spacial score (nSPS) is 17.4. The maximum absolute atomic E-state index is 13.5. The second-order valence-corrected chi connectivity index (χ2v) is 4.66. The molecule has 4 nitrogen and oxygen atoms in total. The van der Waals surface area contributed by atoms with Crippen molar-refractivity contribution in [3.05, 3.63) is 29.6 Å². The molecule has 0 bridgehead atoms. The first-order valence-corrected chi connectivity index (χ1v) is 6.54. The number of hydrogen-bond acceptors (Lipinski definition) is 3. The summed E-state index contributed by atoms with van der Waals surface area (Å²) in [5.74, 6) is -0.0989. The van der Waals surface area contributed by atoms with Gasteiger partial charge in [-0.1, -0.05) is 6.07 Å². The van der Waals surface area contributed by atoms with Crippen LogP contribution < -0.4 is 15.4 Å². The molecule has 112 valence electrons. The molecule has 1 atom stereocenters. The van der Waals surface area contributed by atoms with Gasteiger partial charge in [-0.15, -0.1) is 12.4 Å². The summed E-state index contributed by atoms with van der Waals surface area (Å²) in [6.07, 6.45) is 2.55. The first kappa shape index (κ1) is 16.7. The van der Waals surface area contributed by atoms with Crippen molar-refractivity contribution in [1.82, 2.24) is 10.6 Å². The van der Waals surface area contributed by atoms with E-state index in [0.29, 0.717) is 13.0 Å². The Balaban J connectivity index is 0.00000200. The molecular formula is C14H20ClFN2O2. The van der Waals surface area contributed by atoms with Gasteiger partial charge in [0.15, 0.2) is 11.6 Å². The van der Waals surface area contributed by atoms with Crippen LogP contribution in [0.15, 0.2) is 18.2 Å². The standard InChI is InChI=1S/C14H19FN2O2.ClH/c1-19-13-5-4-10(9-11(13)15)6-8-17-14(18)12-3-2-7-16-12;/h4-5,9,12,16H,2-3,6-8H2,1H3,(H,17,18);1H. The van der Waals surface area contributed by atoms with E-state index < -0.39 is 0 Å². The monoisotopic (exact) mass is 302 g/mol. The fourth-order valence-electron chi connectivity index (χ4n) is 2.23. The van der Waals surface area contributed by atoms with E-state index in [1.807, 2.05) is 6.07 Å². The van der Waals surface area contributed by atoms with Gasteiger partial charge < -0.3 is 15.4 Å². The molecule has 0 aliphatic carbocycles. The number of amides is 1. The van der Waals surface area contributed by atoms with Crippen LogP contribution in [0.5, 0.6) is 5.75 Å². The molecular weight excluding hydrogens is 283 g/mol. The fourth-order valence-corrected chi connectivity index (χ4v) is 2.23. The Hall–Kier alpha value is -1.33. The molecule has 0 aromatic heterocycles. The largest absolute Gasteiger partial charge is 0.494 e. The Labute approximate surface area is 124 Å². The molecule has 2 N–H and O–H groups in total. The van der Waals surface area contributed by atoms with Crippen molar-refractivity contribution in [3.63, 3.8) is 0 Å². The minimum atomic E-state index is -0.371. The molecule has 1 heterocycles. The zero-order valence-corrected chi connectivity index (χ0v) is 12.3. The van der Waals surface area contributed by atoms with E-state index in [2.05, 4.69) is 10.6 Å². The smallest absolute Gasteiger partial charge is 0.237 e. The van der Waals surface area contributed by atoms with Gasteiger partial charge in [0.05, 0.1) is 13.2 Å². The third-order valence-corrected chi connectivity index (χ3v) is 3.31. The summed E-state index contributed by atoms with van der Waals surface area (Å²) in [5.41, 5.74) is 0.845. The van der Waals surface area contributed by atoms with Gasteiger partial charge in [0.1, 0.15) is 0 Å². The van der Waals surface area contributed by atoms with Crippen LogP contribution in [0.2, 0.25) is 0 Å². The number of hydrogen-bond donors (Lipinski definition) is 2. The highest BCUT2D eigenvalue weighted by molar-refractivity contribution is 5.85. The Morgan fingerprint density at radius 2 is 2.35 bits per heavy atom. The molecule has 1 aromatic rings. The molecule has 0 spiro atoms. The summed E-state index contributed by atoms with van der Waals surface area (Å²) in [5, 5.41) is 6.01. The molecule has 1 fully saturated rings. The number of ether oxygens (including phenoxy) is 1. The predicted octanol–water partition coefficient (Wildman–Crippen LogP) is 1.67. The number of nitrogens with one attached hydrogen (secondary N) is 2. The molecule has 0 radical (unpaired) electrons. The van der Waals surface area contributed by atoms with E-state index in [4.69, 9.17) is 4.74 Å². The molecule has 6 heteroatoms. The molecule has 20 heavy (non-hydrogen) atoms. The van der Waals surface area contributed by atoms with Crippen molar-refractivity contribution >= 4 is 18.3 Å². The van der Waals surface area contributed by atoms with Crippen LogP contribution in [0, 0.1) is 5.82 Å². The van der Waals surface area contributed by atoms with Crippen molar-refractivity contribution < 1.29 is 13.9 Å². The number of carbonyl (C=O) groups is 1. The summed E-state index contributed by atoms with van der Waals surface area (Å²) in [6.45, 7) is 1.42. The first-order valence-electron chi connectivity index (χ1n) is 6.54. The van der Waals surface area contributed by atoms with E-state index >= 15 is 0 Å². The minimum absolute atomic E-state index is 0. The van der Waals surface area contributed by atoms with Crippen molar-refractivity contribution in [2.45, 2.75) is 25.3 Å². The van der Waals surface area contributed by atoms with E-state index in [0.717, 1.165) is 24.9 Å². The van der Waals surface area contributed by atoms with Gasteiger partial charge in [0, 0.05) is 6.54 Å². The van der Waals surface area contributed by atoms with Crippen molar-refractivity contribution in [2.24, 2.45) is 0 Å². The molecule has 0 saturated carbocycles. The maximum atomic E-state index is 13.5. The average molecular weight is 303 g/mol. The van der Waals surface area contributed by atoms with Crippen molar-refractivity contribution in [3.8, 4) is 5.75 Å². The second kappa shape index (κ2) is 8.07. The third kappa shape index (κ3) is 4.35. The zero-order valence-electron chi connectivity index (χ0n) is 11.4. The molecule has 1 aliphatic rings. The van der Waals surface area contributed by atoms with Crippen LogP contribution in [0.1, 0.15) is 18.4 Å². The lowest BCUT2D eigenvalue weighted by Gasteiger charge is -2.11. The van der Waals surface area contributed by atoms with Crippen LogP contribution in [-0.4, -0.2) is 32.1 Å². The van der Waals surface area contributed by atoms with Gasteiger partial charge in [-0.3, -0.25) is 4.79 Å². The van der Waals surface area contributed by atoms with Crippen LogP contribution in [0.3, 0.4) is 0 Å². The molecule has 1 unspecified atom stereocenters. The Morgan fingerprint density at radius 1 is 1.55 bits per heavy atom. The highest BCUT2D eigenvalue weighted by Crippen LogP contribution is 2.17. The lowest BCUT2D eigenvalue weighted by Crippen LogP contribution is -2.41. The SMILES string of the molecule is COc1ccc(CCNC(=O)C2CCCN2)cc1F.Cl. The van der Waals surface area contributed by atoms with Crippen LogP contribution in [0.25, 0.3) is 0 Å². The van der Waals surface area contributed by atoms with Gasteiger partial charge in [-0.2, -0.15) is 0 Å². The molecule has 1 amide bonds. The lowest BCUT2D eigenvalue weighted by atomic mass is 10.1. The maximum Gasteiger partial charge on any atom is 0.237 e. The Bertz CT molecular complexity index is 451. The van der Waals surface area contributed by atoms with E-state index in [1.54, 1.807) is 6.07 Å². The Morgan fingerprint density at radius 3 is 2.95 bits per heavy atom. The summed E-state index contributed by atoms with van der Waals surface area (Å²) in [7, 11) is 1.44. The second-order valence-electron chi connectivity index (χ2n) is 4.66. The molecule has 1 saturated heterocycles. The minimum Gasteiger partial charge on any atom is -0.494 e. The quantitative estimate of drug-likeness (QED) is 0.870. The molecule has 2 rings (SSSR count). The summed E-state index contributed by atoms with van der Waals surface area (Å²) < 4.78 is 18.3.